The van der Waals surface area contributed by atoms with Crippen molar-refractivity contribution in [1.29, 1.82) is 0 Å². The van der Waals surface area contributed by atoms with E-state index in [-0.39, 0.29) is 11.8 Å². The Morgan fingerprint density at radius 2 is 1.88 bits per heavy atom. The fourth-order valence-corrected chi connectivity index (χ4v) is 1.43. The summed E-state index contributed by atoms with van der Waals surface area (Å²) in [5.74, 6) is -0.121. The third-order valence-corrected chi connectivity index (χ3v) is 2.51. The molecule has 4 nitrogen and oxygen atoms in total. The van der Waals surface area contributed by atoms with Crippen molar-refractivity contribution in [3.05, 3.63) is 35.4 Å². The summed E-state index contributed by atoms with van der Waals surface area (Å²) in [4.78, 5) is 24.6. The molecule has 0 bridgehead atoms. The Balaban J connectivity index is 2.46. The van der Waals surface area contributed by atoms with Gasteiger partial charge < -0.3 is 10.2 Å². The molecule has 0 aliphatic heterocycles. The first-order valence-corrected chi connectivity index (χ1v) is 5.56. The molecule has 0 aliphatic carbocycles. The van der Waals surface area contributed by atoms with Crippen molar-refractivity contribution in [2.75, 3.05) is 20.6 Å². The first-order valence-electron chi connectivity index (χ1n) is 5.56. The van der Waals surface area contributed by atoms with E-state index in [2.05, 4.69) is 5.32 Å². The van der Waals surface area contributed by atoms with Gasteiger partial charge in [-0.05, 0) is 18.6 Å². The van der Waals surface area contributed by atoms with Gasteiger partial charge >= 0.3 is 0 Å². The zero-order chi connectivity index (χ0) is 12.8. The first kappa shape index (κ1) is 13.2. The molecule has 0 saturated carbocycles. The normalized spacial score (nSPS) is 9.82. The van der Waals surface area contributed by atoms with Crippen LogP contribution in [0.3, 0.4) is 0 Å². The summed E-state index contributed by atoms with van der Waals surface area (Å²) >= 11 is 0. The summed E-state index contributed by atoms with van der Waals surface area (Å²) < 4.78 is 0. The topological polar surface area (TPSA) is 49.4 Å². The number of carbonyl (C=O) groups is 2. The summed E-state index contributed by atoms with van der Waals surface area (Å²) in [6.07, 6.45) is 0.324. The maximum atomic E-state index is 11.8. The smallest absolute Gasteiger partial charge is 0.251 e. The van der Waals surface area contributed by atoms with Crippen molar-refractivity contribution in [1.82, 2.24) is 10.2 Å². The molecule has 17 heavy (non-hydrogen) atoms. The van der Waals surface area contributed by atoms with E-state index in [0.29, 0.717) is 18.5 Å². The molecule has 1 N–H and O–H groups in total. The van der Waals surface area contributed by atoms with Crippen molar-refractivity contribution < 1.29 is 9.59 Å². The summed E-state index contributed by atoms with van der Waals surface area (Å²) in [5, 5.41) is 2.74. The highest BCUT2D eigenvalue weighted by atomic mass is 16.2. The minimum absolute atomic E-state index is 0.00934. The van der Waals surface area contributed by atoms with E-state index in [4.69, 9.17) is 0 Å². The molecule has 0 aliphatic rings. The lowest BCUT2D eigenvalue weighted by Crippen LogP contribution is -2.30. The zero-order valence-electron chi connectivity index (χ0n) is 10.5. The standard InChI is InChI=1S/C13H18N2O2/c1-10-6-4-5-7-11(10)13(17)14-9-8-12(16)15(2)3/h4-7H,8-9H2,1-3H3,(H,14,17). The van der Waals surface area contributed by atoms with Crippen LogP contribution < -0.4 is 5.32 Å². The van der Waals surface area contributed by atoms with Gasteiger partial charge in [0.05, 0.1) is 0 Å². The molecular weight excluding hydrogens is 216 g/mol. The zero-order valence-corrected chi connectivity index (χ0v) is 10.5. The van der Waals surface area contributed by atoms with Crippen LogP contribution in [0.5, 0.6) is 0 Å². The Hall–Kier alpha value is -1.84. The van der Waals surface area contributed by atoms with Gasteiger partial charge in [0.1, 0.15) is 0 Å². The van der Waals surface area contributed by atoms with Crippen molar-refractivity contribution >= 4 is 11.8 Å². The van der Waals surface area contributed by atoms with Crippen LogP contribution in [0, 0.1) is 6.92 Å². The molecule has 92 valence electrons. The monoisotopic (exact) mass is 234 g/mol. The lowest BCUT2D eigenvalue weighted by Gasteiger charge is -2.11. The largest absolute Gasteiger partial charge is 0.352 e. The lowest BCUT2D eigenvalue weighted by molar-refractivity contribution is -0.128. The predicted octanol–water partition coefficient (Wildman–Crippen LogP) is 1.20. The minimum atomic E-state index is -0.130. The van der Waals surface area contributed by atoms with E-state index in [1.807, 2.05) is 25.1 Å². The molecule has 0 spiro atoms. The lowest BCUT2D eigenvalue weighted by atomic mass is 10.1. The molecule has 2 amide bonds. The summed E-state index contributed by atoms with van der Waals surface area (Å²) in [5.41, 5.74) is 1.59. The molecule has 1 aromatic carbocycles. The predicted molar refractivity (Wildman–Crippen MR) is 66.8 cm³/mol. The van der Waals surface area contributed by atoms with Gasteiger partial charge in [0.25, 0.3) is 5.91 Å². The quantitative estimate of drug-likeness (QED) is 0.851. The molecule has 1 rings (SSSR count). The maximum Gasteiger partial charge on any atom is 0.251 e. The number of nitrogens with one attached hydrogen (secondary N) is 1. The maximum absolute atomic E-state index is 11.8. The number of hydrogen-bond donors (Lipinski definition) is 1. The molecule has 0 atom stereocenters. The van der Waals surface area contributed by atoms with Crippen molar-refractivity contribution in [3.63, 3.8) is 0 Å². The Morgan fingerprint density at radius 3 is 2.47 bits per heavy atom. The first-order chi connectivity index (χ1) is 8.02. The molecule has 0 aromatic heterocycles. The Kier molecular flexibility index (Phi) is 4.69. The van der Waals surface area contributed by atoms with Crippen LogP contribution in [0.2, 0.25) is 0 Å². The second kappa shape index (κ2) is 6.03. The molecular formula is C13H18N2O2. The fourth-order valence-electron chi connectivity index (χ4n) is 1.43. The number of benzene rings is 1. The number of amides is 2. The van der Waals surface area contributed by atoms with Crippen LogP contribution in [-0.2, 0) is 4.79 Å². The van der Waals surface area contributed by atoms with Crippen LogP contribution in [-0.4, -0.2) is 37.4 Å². The van der Waals surface area contributed by atoms with Crippen LogP contribution in [0.1, 0.15) is 22.3 Å². The number of aryl methyl sites for hydroxylation is 1. The summed E-state index contributed by atoms with van der Waals surface area (Å²) in [7, 11) is 3.40. The Labute approximate surface area is 102 Å². The van der Waals surface area contributed by atoms with E-state index in [0.717, 1.165) is 5.56 Å². The minimum Gasteiger partial charge on any atom is -0.352 e. The van der Waals surface area contributed by atoms with E-state index >= 15 is 0 Å². The molecule has 0 radical (unpaired) electrons. The van der Waals surface area contributed by atoms with Gasteiger partial charge in [-0.15, -0.1) is 0 Å². The van der Waals surface area contributed by atoms with Crippen molar-refractivity contribution in [2.45, 2.75) is 13.3 Å². The molecule has 0 fully saturated rings. The molecule has 4 heteroatoms. The summed E-state index contributed by atoms with van der Waals surface area (Å²) in [6, 6.07) is 7.38. The van der Waals surface area contributed by atoms with Gasteiger partial charge in [-0.25, -0.2) is 0 Å². The Bertz CT molecular complexity index is 414. The number of nitrogens with zero attached hydrogens (tertiary/aromatic N) is 1. The van der Waals surface area contributed by atoms with Crippen LogP contribution in [0.15, 0.2) is 24.3 Å². The van der Waals surface area contributed by atoms with Gasteiger partial charge in [-0.3, -0.25) is 9.59 Å². The molecule has 0 saturated heterocycles. The molecule has 0 unspecified atom stereocenters. The van der Waals surface area contributed by atoms with E-state index < -0.39 is 0 Å². The van der Waals surface area contributed by atoms with E-state index in [1.165, 1.54) is 4.90 Å². The average Bonchev–Trinajstić information content (AvgIpc) is 2.29. The second-order valence-corrected chi connectivity index (χ2v) is 4.11. The van der Waals surface area contributed by atoms with Gasteiger partial charge in [-0.1, -0.05) is 18.2 Å². The summed E-state index contributed by atoms with van der Waals surface area (Å²) in [6.45, 7) is 2.25. The Morgan fingerprint density at radius 1 is 1.24 bits per heavy atom. The number of hydrogen-bond acceptors (Lipinski definition) is 2. The van der Waals surface area contributed by atoms with Crippen molar-refractivity contribution in [2.24, 2.45) is 0 Å². The van der Waals surface area contributed by atoms with E-state index in [1.54, 1.807) is 20.2 Å². The third kappa shape index (κ3) is 3.90. The average molecular weight is 234 g/mol. The van der Waals surface area contributed by atoms with Crippen molar-refractivity contribution in [3.8, 4) is 0 Å². The molecule has 1 aromatic rings. The second-order valence-electron chi connectivity index (χ2n) is 4.11. The van der Waals surface area contributed by atoms with Gasteiger partial charge in [0.2, 0.25) is 5.91 Å². The molecule has 0 heterocycles. The fraction of sp³-hybridized carbons (Fsp3) is 0.385. The van der Waals surface area contributed by atoms with Crippen LogP contribution in [0.4, 0.5) is 0 Å². The van der Waals surface area contributed by atoms with Gasteiger partial charge in [0, 0.05) is 32.6 Å². The number of rotatable bonds is 4. The van der Waals surface area contributed by atoms with Crippen LogP contribution >= 0.6 is 0 Å². The van der Waals surface area contributed by atoms with Crippen LogP contribution in [0.25, 0.3) is 0 Å². The SMILES string of the molecule is Cc1ccccc1C(=O)NCCC(=O)N(C)C. The number of carbonyl (C=O) groups excluding carboxylic acids is 2. The van der Waals surface area contributed by atoms with Gasteiger partial charge in [0.15, 0.2) is 0 Å². The van der Waals surface area contributed by atoms with Gasteiger partial charge in [-0.2, -0.15) is 0 Å². The highest BCUT2D eigenvalue weighted by molar-refractivity contribution is 5.95. The van der Waals surface area contributed by atoms with E-state index in [9.17, 15) is 9.59 Å². The highest BCUT2D eigenvalue weighted by Gasteiger charge is 2.09. The third-order valence-electron chi connectivity index (χ3n) is 2.51. The highest BCUT2D eigenvalue weighted by Crippen LogP contribution is 2.06.